The van der Waals surface area contributed by atoms with Crippen LogP contribution in [0.3, 0.4) is 0 Å². The van der Waals surface area contributed by atoms with Crippen LogP contribution in [-0.4, -0.2) is 41.0 Å². The molecule has 1 atom stereocenters. The van der Waals surface area contributed by atoms with E-state index in [9.17, 15) is 0 Å². The van der Waals surface area contributed by atoms with Crippen LogP contribution < -0.4 is 5.48 Å². The van der Waals surface area contributed by atoms with E-state index in [1.165, 1.54) is 36.9 Å². The molecule has 5 nitrogen and oxygen atoms in total. The number of amidine groups is 1. The van der Waals surface area contributed by atoms with E-state index in [4.69, 9.17) is 9.83 Å². The second kappa shape index (κ2) is 6.24. The monoisotopic (exact) mass is 358 g/mol. The van der Waals surface area contributed by atoms with Crippen molar-refractivity contribution in [3.05, 3.63) is 36.0 Å². The average molecular weight is 359 g/mol. The van der Waals surface area contributed by atoms with Crippen molar-refractivity contribution in [1.82, 2.24) is 15.4 Å². The Morgan fingerprint density at radius 3 is 2.84 bits per heavy atom. The second-order valence-electron chi connectivity index (χ2n) is 7.45. The Kier molecular flexibility index (Phi) is 4.18. The third kappa shape index (κ3) is 2.90. The number of aryl methyl sites for hydroxylation is 1. The summed E-state index contributed by atoms with van der Waals surface area (Å²) >= 11 is 0. The fourth-order valence-electron chi connectivity index (χ4n) is 4.47. The molecule has 6 rings (SSSR count). The normalized spacial score (nSPS) is 32.1. The van der Waals surface area contributed by atoms with Crippen LogP contribution in [0.1, 0.15) is 24.8 Å². The third-order valence-corrected chi connectivity index (χ3v) is 5.77. The van der Waals surface area contributed by atoms with E-state index in [1.54, 1.807) is 0 Å². The first kappa shape index (κ1) is 16.8. The second-order valence-corrected chi connectivity index (χ2v) is 7.45. The molecule has 4 aliphatic heterocycles. The number of aliphatic imine (C=N–C) groups is 1. The van der Waals surface area contributed by atoms with E-state index >= 15 is 0 Å². The molecule has 4 saturated heterocycles. The van der Waals surface area contributed by atoms with Gasteiger partial charge in [0.1, 0.15) is 11.4 Å². The largest absolute Gasteiger partial charge is 0.300 e. The predicted octanol–water partition coefficient (Wildman–Crippen LogP) is 3.38. The van der Waals surface area contributed by atoms with Gasteiger partial charge in [0.2, 0.25) is 0 Å². The van der Waals surface area contributed by atoms with Gasteiger partial charge in [-0.05, 0) is 56.3 Å². The van der Waals surface area contributed by atoms with Gasteiger partial charge in [0, 0.05) is 24.5 Å². The Morgan fingerprint density at radius 2 is 2.08 bits per heavy atom. The van der Waals surface area contributed by atoms with Gasteiger partial charge in [-0.2, -0.15) is 0 Å². The molecule has 0 aliphatic carbocycles. The minimum absolute atomic E-state index is 0. The smallest absolute Gasteiger partial charge is 0.154 e. The van der Waals surface area contributed by atoms with Crippen molar-refractivity contribution >= 4 is 34.8 Å². The maximum Gasteiger partial charge on any atom is 0.154 e. The lowest BCUT2D eigenvalue weighted by molar-refractivity contribution is -0.150. The molecule has 1 N–H and O–H groups in total. The van der Waals surface area contributed by atoms with E-state index in [0.29, 0.717) is 5.92 Å². The minimum Gasteiger partial charge on any atom is -0.300 e. The summed E-state index contributed by atoms with van der Waals surface area (Å²) in [6.07, 6.45) is 5.24. The summed E-state index contributed by atoms with van der Waals surface area (Å²) in [6, 6.07) is 8.45. The van der Waals surface area contributed by atoms with Gasteiger partial charge in [0.05, 0.1) is 0 Å². The number of piperidine rings is 3. The van der Waals surface area contributed by atoms with Crippen molar-refractivity contribution in [3.8, 4) is 0 Å². The maximum atomic E-state index is 6.05. The van der Waals surface area contributed by atoms with Crippen molar-refractivity contribution in [2.75, 3.05) is 19.6 Å². The molecular weight excluding hydrogens is 336 g/mol. The molecule has 4 fully saturated rings. The summed E-state index contributed by atoms with van der Waals surface area (Å²) in [7, 11) is 0. The van der Waals surface area contributed by atoms with E-state index in [1.807, 2.05) is 12.3 Å². The lowest BCUT2D eigenvalue weighted by atomic mass is 9.74. The summed E-state index contributed by atoms with van der Waals surface area (Å²) in [5.41, 5.74) is 4.26. The number of rotatable bonds is 1. The average Bonchev–Trinajstić information content (AvgIpc) is 2.98. The molecule has 132 valence electrons. The van der Waals surface area contributed by atoms with Crippen LogP contribution in [-0.2, 0) is 4.84 Å². The molecule has 2 aromatic rings. The quantitative estimate of drug-likeness (QED) is 0.849. The Morgan fingerprint density at radius 1 is 1.24 bits per heavy atom. The third-order valence-electron chi connectivity index (χ3n) is 5.77. The van der Waals surface area contributed by atoms with Gasteiger partial charge in [-0.25, -0.2) is 9.98 Å². The fraction of sp³-hybridized carbons (Fsp3) is 0.474. The molecule has 4 aliphatic rings. The zero-order chi connectivity index (χ0) is 16.1. The number of pyridine rings is 1. The van der Waals surface area contributed by atoms with Gasteiger partial charge in [0.15, 0.2) is 5.82 Å². The highest BCUT2D eigenvalue weighted by Crippen LogP contribution is 2.42. The summed E-state index contributed by atoms with van der Waals surface area (Å²) < 4.78 is 0. The molecule has 1 spiro atoms. The van der Waals surface area contributed by atoms with Crippen molar-refractivity contribution in [2.45, 2.75) is 31.8 Å². The highest BCUT2D eigenvalue weighted by Gasteiger charge is 2.52. The number of hydrogen-bond donors (Lipinski definition) is 1. The molecule has 2 bridgehead atoms. The number of hydroxylamine groups is 1. The molecule has 0 amide bonds. The van der Waals surface area contributed by atoms with E-state index in [-0.39, 0.29) is 18.0 Å². The standard InChI is InChI=1S/C19H22N4O.ClH/c1-13-2-3-14-9-17(20-11-15(14)8-13)21-18-10-19(24-22-18)12-23-6-4-16(19)5-7-23;/h2-3,8-9,11,16H,4-7,10,12H2,1H3,(H,20,21,22);1H/t19-;/m0./s1. The van der Waals surface area contributed by atoms with Gasteiger partial charge in [-0.3, -0.25) is 10.3 Å². The number of nitrogens with one attached hydrogen (secondary N) is 1. The van der Waals surface area contributed by atoms with Crippen LogP contribution in [0.15, 0.2) is 35.5 Å². The maximum absolute atomic E-state index is 6.05. The first-order valence-electron chi connectivity index (χ1n) is 8.81. The molecule has 6 heteroatoms. The summed E-state index contributed by atoms with van der Waals surface area (Å²) in [4.78, 5) is 17.8. The lowest BCUT2D eigenvalue weighted by Crippen LogP contribution is -2.59. The van der Waals surface area contributed by atoms with Gasteiger partial charge >= 0.3 is 0 Å². The van der Waals surface area contributed by atoms with Crippen LogP contribution in [0.4, 0.5) is 5.82 Å². The topological polar surface area (TPSA) is 49.8 Å². The zero-order valence-electron chi connectivity index (χ0n) is 14.4. The highest BCUT2D eigenvalue weighted by atomic mass is 35.5. The predicted molar refractivity (Wildman–Crippen MR) is 102 cm³/mol. The molecule has 0 unspecified atom stereocenters. The van der Waals surface area contributed by atoms with Crippen LogP contribution in [0, 0.1) is 12.8 Å². The summed E-state index contributed by atoms with van der Waals surface area (Å²) in [5, 5.41) is 2.33. The van der Waals surface area contributed by atoms with Gasteiger partial charge in [0.25, 0.3) is 0 Å². The van der Waals surface area contributed by atoms with Gasteiger partial charge in [-0.15, -0.1) is 12.4 Å². The molecule has 25 heavy (non-hydrogen) atoms. The Labute approximate surface area is 153 Å². The molecular formula is C19H23ClN4O. The van der Waals surface area contributed by atoms with Gasteiger partial charge in [-0.1, -0.05) is 17.7 Å². The Balaban J connectivity index is 0.00000157. The molecule has 1 aromatic heterocycles. The lowest BCUT2D eigenvalue weighted by Gasteiger charge is -2.49. The van der Waals surface area contributed by atoms with Crippen molar-refractivity contribution in [1.29, 1.82) is 0 Å². The van der Waals surface area contributed by atoms with E-state index in [2.05, 4.69) is 40.5 Å². The van der Waals surface area contributed by atoms with Crippen molar-refractivity contribution < 1.29 is 4.84 Å². The number of benzene rings is 1. The van der Waals surface area contributed by atoms with E-state index < -0.39 is 0 Å². The molecule has 0 saturated carbocycles. The Hall–Kier alpha value is -1.69. The minimum atomic E-state index is -0.0801. The first-order valence-corrected chi connectivity index (χ1v) is 8.81. The number of nitrogens with zero attached hydrogens (tertiary/aromatic N) is 3. The molecule has 0 radical (unpaired) electrons. The van der Waals surface area contributed by atoms with Crippen molar-refractivity contribution in [2.24, 2.45) is 10.9 Å². The van der Waals surface area contributed by atoms with Crippen LogP contribution in [0.5, 0.6) is 0 Å². The fourth-order valence-corrected chi connectivity index (χ4v) is 4.47. The van der Waals surface area contributed by atoms with Crippen molar-refractivity contribution in [3.63, 3.8) is 0 Å². The number of aromatic nitrogens is 1. The first-order chi connectivity index (χ1) is 11.7. The van der Waals surface area contributed by atoms with Crippen LogP contribution in [0.25, 0.3) is 10.8 Å². The highest BCUT2D eigenvalue weighted by molar-refractivity contribution is 5.88. The van der Waals surface area contributed by atoms with Crippen LogP contribution in [0.2, 0.25) is 0 Å². The zero-order valence-corrected chi connectivity index (χ0v) is 15.2. The van der Waals surface area contributed by atoms with Gasteiger partial charge < -0.3 is 4.90 Å². The molecule has 1 aromatic carbocycles. The van der Waals surface area contributed by atoms with Crippen LogP contribution >= 0.6 is 12.4 Å². The number of halogens is 1. The summed E-state index contributed by atoms with van der Waals surface area (Å²) in [5.74, 6) is 2.30. The molecule has 5 heterocycles. The van der Waals surface area contributed by atoms with E-state index in [0.717, 1.165) is 30.0 Å². The SMILES string of the molecule is Cc1ccc2cc(N=C3C[C@@]4(CN5CCC4CC5)ON3)ncc2c1.Cl. The Bertz CT molecular complexity index is 831. The number of hydrogen-bond acceptors (Lipinski definition) is 4. The number of fused-ring (bicyclic) bond motifs is 3. The summed E-state index contributed by atoms with van der Waals surface area (Å²) in [6.45, 7) is 5.55.